The van der Waals surface area contributed by atoms with Crippen LogP contribution >= 0.6 is 38.9 Å². The van der Waals surface area contributed by atoms with Crippen molar-refractivity contribution < 1.29 is 9.59 Å². The van der Waals surface area contributed by atoms with Crippen molar-refractivity contribution in [1.29, 1.82) is 0 Å². The predicted octanol–water partition coefficient (Wildman–Crippen LogP) is 6.44. The standard InChI is InChI=1S/C26H26BrClN2O2S/c1-17(2)15-29(26(32)20-5-3-4-6-22(20)27)16-24(31)30-13-11-23-21(12-14-33-23)25(30)18-7-9-19(28)10-8-18/h3-10,12,14,17,25H,11,13,15-16H2,1-2H3. The van der Waals surface area contributed by atoms with Crippen LogP contribution in [0.2, 0.25) is 5.02 Å². The van der Waals surface area contributed by atoms with E-state index in [9.17, 15) is 9.59 Å². The lowest BCUT2D eigenvalue weighted by Gasteiger charge is -2.38. The number of hydrogen-bond acceptors (Lipinski definition) is 3. The maximum absolute atomic E-state index is 13.7. The topological polar surface area (TPSA) is 40.6 Å². The van der Waals surface area contributed by atoms with Crippen molar-refractivity contribution in [1.82, 2.24) is 9.80 Å². The Morgan fingerprint density at radius 3 is 2.58 bits per heavy atom. The molecule has 1 aliphatic rings. The van der Waals surface area contributed by atoms with E-state index in [1.54, 1.807) is 22.3 Å². The number of amides is 2. The molecule has 2 amide bonds. The second-order valence-corrected chi connectivity index (χ2v) is 10.9. The minimum atomic E-state index is -0.177. The Hall–Kier alpha value is -2.15. The molecule has 0 fully saturated rings. The highest BCUT2D eigenvalue weighted by molar-refractivity contribution is 9.10. The van der Waals surface area contributed by atoms with Gasteiger partial charge in [-0.15, -0.1) is 11.3 Å². The Morgan fingerprint density at radius 2 is 1.88 bits per heavy atom. The Bertz CT molecular complexity index is 1150. The zero-order valence-corrected chi connectivity index (χ0v) is 21.8. The van der Waals surface area contributed by atoms with Gasteiger partial charge >= 0.3 is 0 Å². The monoisotopic (exact) mass is 544 g/mol. The molecule has 0 bridgehead atoms. The summed E-state index contributed by atoms with van der Waals surface area (Å²) in [6.07, 6.45) is 0.825. The third-order valence-electron chi connectivity index (χ3n) is 5.78. The van der Waals surface area contributed by atoms with Crippen LogP contribution in [0.15, 0.2) is 64.5 Å². The van der Waals surface area contributed by atoms with Gasteiger partial charge in [0.05, 0.1) is 11.6 Å². The van der Waals surface area contributed by atoms with Crippen LogP contribution in [0.25, 0.3) is 0 Å². The van der Waals surface area contributed by atoms with Crippen LogP contribution in [0.5, 0.6) is 0 Å². The molecule has 3 aromatic rings. The van der Waals surface area contributed by atoms with Crippen LogP contribution < -0.4 is 0 Å². The first-order valence-corrected chi connectivity index (χ1v) is 13.0. The van der Waals surface area contributed by atoms with E-state index in [2.05, 4.69) is 41.2 Å². The third kappa shape index (κ3) is 5.34. The van der Waals surface area contributed by atoms with Crippen molar-refractivity contribution in [2.24, 2.45) is 5.92 Å². The molecule has 2 aromatic carbocycles. The van der Waals surface area contributed by atoms with Crippen molar-refractivity contribution in [3.05, 3.63) is 91.0 Å². The summed E-state index contributed by atoms with van der Waals surface area (Å²) in [5.41, 5.74) is 2.76. The van der Waals surface area contributed by atoms with Gasteiger partial charge in [-0.2, -0.15) is 0 Å². The molecular formula is C26H26BrClN2O2S. The van der Waals surface area contributed by atoms with Gasteiger partial charge in [-0.05, 0) is 75.1 Å². The minimum Gasteiger partial charge on any atom is -0.330 e. The van der Waals surface area contributed by atoms with Crippen LogP contribution in [-0.2, 0) is 11.2 Å². The van der Waals surface area contributed by atoms with E-state index in [-0.39, 0.29) is 30.3 Å². The molecule has 172 valence electrons. The lowest BCUT2D eigenvalue weighted by Crippen LogP contribution is -2.47. The predicted molar refractivity (Wildman–Crippen MR) is 138 cm³/mol. The van der Waals surface area contributed by atoms with Crippen molar-refractivity contribution in [2.45, 2.75) is 26.3 Å². The Labute approximate surface area is 212 Å². The maximum Gasteiger partial charge on any atom is 0.255 e. The second kappa shape index (κ2) is 10.4. The average molecular weight is 546 g/mol. The molecule has 0 aliphatic carbocycles. The molecule has 4 rings (SSSR count). The van der Waals surface area contributed by atoms with Gasteiger partial charge in [0.2, 0.25) is 5.91 Å². The van der Waals surface area contributed by atoms with Crippen LogP contribution in [-0.4, -0.2) is 41.2 Å². The maximum atomic E-state index is 13.7. The second-order valence-electron chi connectivity index (χ2n) is 8.65. The molecule has 0 saturated carbocycles. The summed E-state index contributed by atoms with van der Waals surface area (Å²) < 4.78 is 0.733. The van der Waals surface area contributed by atoms with Gasteiger partial charge < -0.3 is 9.80 Å². The van der Waals surface area contributed by atoms with Gasteiger partial charge in [0.1, 0.15) is 6.54 Å². The van der Waals surface area contributed by atoms with E-state index in [1.165, 1.54) is 4.88 Å². The molecule has 1 aromatic heterocycles. The fourth-order valence-corrected chi connectivity index (χ4v) is 5.79. The van der Waals surface area contributed by atoms with Crippen molar-refractivity contribution in [2.75, 3.05) is 19.6 Å². The molecule has 0 spiro atoms. The summed E-state index contributed by atoms with van der Waals surface area (Å²) in [6.45, 7) is 5.29. The van der Waals surface area contributed by atoms with Gasteiger partial charge in [-0.25, -0.2) is 0 Å². The number of fused-ring (bicyclic) bond motifs is 1. The first-order chi connectivity index (χ1) is 15.8. The number of carbonyl (C=O) groups is 2. The summed E-state index contributed by atoms with van der Waals surface area (Å²) in [4.78, 5) is 32.0. The fourth-order valence-electron chi connectivity index (χ4n) is 4.31. The lowest BCUT2D eigenvalue weighted by molar-refractivity contribution is -0.134. The van der Waals surface area contributed by atoms with Crippen LogP contribution in [0.4, 0.5) is 0 Å². The molecular weight excluding hydrogens is 520 g/mol. The molecule has 7 heteroatoms. The number of benzene rings is 2. The molecule has 33 heavy (non-hydrogen) atoms. The van der Waals surface area contributed by atoms with Crippen LogP contribution in [0, 0.1) is 5.92 Å². The van der Waals surface area contributed by atoms with Crippen molar-refractivity contribution in [3.8, 4) is 0 Å². The van der Waals surface area contributed by atoms with Gasteiger partial charge in [0.25, 0.3) is 5.91 Å². The van der Waals surface area contributed by atoms with Crippen LogP contribution in [0.3, 0.4) is 0 Å². The quantitative estimate of drug-likeness (QED) is 0.358. The average Bonchev–Trinajstić information content (AvgIpc) is 3.27. The molecule has 1 aliphatic heterocycles. The van der Waals surface area contributed by atoms with E-state index < -0.39 is 0 Å². The normalized spacial score (nSPS) is 15.4. The molecule has 1 atom stereocenters. The van der Waals surface area contributed by atoms with E-state index in [1.807, 2.05) is 47.4 Å². The summed E-state index contributed by atoms with van der Waals surface area (Å²) in [5.74, 6) is 0.0507. The highest BCUT2D eigenvalue weighted by Gasteiger charge is 2.34. The molecule has 1 unspecified atom stereocenters. The van der Waals surface area contributed by atoms with E-state index in [0.29, 0.717) is 23.7 Å². The lowest BCUT2D eigenvalue weighted by atomic mass is 9.93. The molecule has 2 heterocycles. The summed E-state index contributed by atoms with van der Waals surface area (Å²) in [6, 6.07) is 17.0. The van der Waals surface area contributed by atoms with Crippen LogP contribution in [0.1, 0.15) is 46.3 Å². The molecule has 0 radical (unpaired) electrons. The van der Waals surface area contributed by atoms with Crippen molar-refractivity contribution in [3.63, 3.8) is 0 Å². The smallest absolute Gasteiger partial charge is 0.255 e. The van der Waals surface area contributed by atoms with Gasteiger partial charge in [0, 0.05) is 27.5 Å². The van der Waals surface area contributed by atoms with Gasteiger partial charge in [0.15, 0.2) is 0 Å². The Balaban J connectivity index is 1.63. The number of hydrogen-bond donors (Lipinski definition) is 0. The van der Waals surface area contributed by atoms with E-state index in [4.69, 9.17) is 11.6 Å². The molecule has 4 nitrogen and oxygen atoms in total. The zero-order valence-electron chi connectivity index (χ0n) is 18.6. The Kier molecular flexibility index (Phi) is 7.57. The molecule has 0 N–H and O–H groups in total. The number of nitrogens with zero attached hydrogens (tertiary/aromatic N) is 2. The Morgan fingerprint density at radius 1 is 1.15 bits per heavy atom. The van der Waals surface area contributed by atoms with Gasteiger partial charge in [-0.3, -0.25) is 9.59 Å². The first kappa shape index (κ1) is 24.0. The largest absolute Gasteiger partial charge is 0.330 e. The van der Waals surface area contributed by atoms with E-state index >= 15 is 0 Å². The number of thiophene rings is 1. The first-order valence-electron chi connectivity index (χ1n) is 11.0. The van der Waals surface area contributed by atoms with Gasteiger partial charge in [-0.1, -0.05) is 49.7 Å². The highest BCUT2D eigenvalue weighted by Crippen LogP contribution is 2.38. The summed E-state index contributed by atoms with van der Waals surface area (Å²) >= 11 is 11.3. The fraction of sp³-hybridized carbons (Fsp3) is 0.308. The number of halogens is 2. The third-order valence-corrected chi connectivity index (χ3v) is 7.72. The summed E-state index contributed by atoms with van der Waals surface area (Å²) in [7, 11) is 0. The van der Waals surface area contributed by atoms with Crippen molar-refractivity contribution >= 4 is 50.7 Å². The minimum absolute atomic E-state index is 0.0436. The SMILES string of the molecule is CC(C)CN(CC(=O)N1CCc2sccc2C1c1ccc(Cl)cc1)C(=O)c1ccccc1Br. The molecule has 0 saturated heterocycles. The highest BCUT2D eigenvalue weighted by atomic mass is 79.9. The summed E-state index contributed by atoms with van der Waals surface area (Å²) in [5, 5.41) is 2.75. The zero-order chi connectivity index (χ0) is 23.5. The number of carbonyl (C=O) groups excluding carboxylic acids is 2. The van der Waals surface area contributed by atoms with E-state index in [0.717, 1.165) is 22.0 Å². The number of rotatable bonds is 6.